The van der Waals surface area contributed by atoms with Gasteiger partial charge in [0, 0.05) is 28.0 Å². The fraction of sp³-hybridized carbons (Fsp3) is 0.190. The van der Waals surface area contributed by atoms with E-state index in [1.807, 2.05) is 32.0 Å². The molecule has 3 rings (SSSR count). The number of anilines is 1. The third-order valence-corrected chi connectivity index (χ3v) is 4.46. The molecule has 0 aliphatic carbocycles. The van der Waals surface area contributed by atoms with Crippen LogP contribution in [0, 0.1) is 20.8 Å². The first kappa shape index (κ1) is 18.9. The quantitative estimate of drug-likeness (QED) is 0.739. The second-order valence-corrected chi connectivity index (χ2v) is 6.96. The molecule has 138 valence electrons. The van der Waals surface area contributed by atoms with E-state index in [0.717, 1.165) is 22.4 Å². The van der Waals surface area contributed by atoms with Crippen LogP contribution in [0.25, 0.3) is 11.4 Å². The number of aromatic nitrogens is 2. The molecule has 0 saturated heterocycles. The van der Waals surface area contributed by atoms with Crippen LogP contribution in [0.1, 0.15) is 16.8 Å². The van der Waals surface area contributed by atoms with Crippen molar-refractivity contribution < 1.29 is 4.79 Å². The zero-order valence-corrected chi connectivity index (χ0v) is 16.2. The standard InChI is InChI=1S/C21H20ClN3O2/c1-13-4-5-14(2)18(10-13)24-19(26)12-25-20(27)11-15(3)23-21(25)16-6-8-17(22)9-7-16/h4-11H,12H2,1-3H3,(H,24,26). The molecule has 6 heteroatoms. The minimum Gasteiger partial charge on any atom is -0.324 e. The van der Waals surface area contributed by atoms with Gasteiger partial charge in [0.1, 0.15) is 12.4 Å². The van der Waals surface area contributed by atoms with Crippen LogP contribution in [-0.4, -0.2) is 15.5 Å². The lowest BCUT2D eigenvalue weighted by atomic mass is 10.1. The van der Waals surface area contributed by atoms with Gasteiger partial charge in [-0.25, -0.2) is 4.98 Å². The molecule has 2 aromatic carbocycles. The molecular formula is C21H20ClN3O2. The topological polar surface area (TPSA) is 64.0 Å². The summed E-state index contributed by atoms with van der Waals surface area (Å²) in [6.45, 7) is 5.51. The first-order chi connectivity index (χ1) is 12.8. The zero-order valence-electron chi connectivity index (χ0n) is 15.4. The maximum absolute atomic E-state index is 12.6. The number of carbonyl (C=O) groups excluding carboxylic acids is 1. The van der Waals surface area contributed by atoms with Crippen molar-refractivity contribution >= 4 is 23.2 Å². The van der Waals surface area contributed by atoms with Crippen LogP contribution in [0.4, 0.5) is 5.69 Å². The van der Waals surface area contributed by atoms with Gasteiger partial charge < -0.3 is 5.32 Å². The highest BCUT2D eigenvalue weighted by atomic mass is 35.5. The predicted octanol–water partition coefficient (Wildman–Crippen LogP) is 4.13. The van der Waals surface area contributed by atoms with Gasteiger partial charge in [-0.15, -0.1) is 0 Å². The molecule has 0 aliphatic heterocycles. The highest BCUT2D eigenvalue weighted by Crippen LogP contribution is 2.20. The lowest BCUT2D eigenvalue weighted by molar-refractivity contribution is -0.116. The molecule has 1 amide bonds. The minimum atomic E-state index is -0.285. The van der Waals surface area contributed by atoms with Gasteiger partial charge in [0.15, 0.2) is 0 Å². The van der Waals surface area contributed by atoms with Crippen molar-refractivity contribution in [1.82, 2.24) is 9.55 Å². The minimum absolute atomic E-state index is 0.128. The molecule has 0 radical (unpaired) electrons. The van der Waals surface area contributed by atoms with E-state index in [2.05, 4.69) is 10.3 Å². The Morgan fingerprint density at radius 2 is 1.78 bits per heavy atom. The van der Waals surface area contributed by atoms with E-state index in [9.17, 15) is 9.59 Å². The second-order valence-electron chi connectivity index (χ2n) is 6.52. The summed E-state index contributed by atoms with van der Waals surface area (Å²) < 4.78 is 1.37. The summed E-state index contributed by atoms with van der Waals surface area (Å²) in [6.07, 6.45) is 0. The van der Waals surface area contributed by atoms with Gasteiger partial charge in [0.25, 0.3) is 5.56 Å². The number of halogens is 1. The molecule has 1 N–H and O–H groups in total. The van der Waals surface area contributed by atoms with Crippen LogP contribution in [0.2, 0.25) is 5.02 Å². The Labute approximate surface area is 162 Å². The molecule has 0 saturated carbocycles. The van der Waals surface area contributed by atoms with Crippen LogP contribution < -0.4 is 10.9 Å². The van der Waals surface area contributed by atoms with Gasteiger partial charge in [0.2, 0.25) is 5.91 Å². The molecule has 27 heavy (non-hydrogen) atoms. The first-order valence-corrected chi connectivity index (χ1v) is 8.93. The van der Waals surface area contributed by atoms with Crippen LogP contribution >= 0.6 is 11.6 Å². The summed E-state index contributed by atoms with van der Waals surface area (Å²) in [4.78, 5) is 29.6. The lowest BCUT2D eigenvalue weighted by Crippen LogP contribution is -2.29. The number of carbonyl (C=O) groups is 1. The SMILES string of the molecule is Cc1ccc(C)c(NC(=O)Cn2c(-c3ccc(Cl)cc3)nc(C)cc2=O)c1. The summed E-state index contributed by atoms with van der Waals surface area (Å²) in [7, 11) is 0. The average molecular weight is 382 g/mol. The van der Waals surface area contributed by atoms with Crippen LogP contribution in [0.3, 0.4) is 0 Å². The maximum atomic E-state index is 12.6. The first-order valence-electron chi connectivity index (χ1n) is 8.55. The fourth-order valence-corrected chi connectivity index (χ4v) is 2.92. The average Bonchev–Trinajstić information content (AvgIpc) is 2.61. The highest BCUT2D eigenvalue weighted by molar-refractivity contribution is 6.30. The van der Waals surface area contributed by atoms with Crippen LogP contribution in [0.15, 0.2) is 53.3 Å². The molecule has 5 nitrogen and oxygen atoms in total. The van der Waals surface area contributed by atoms with Crippen LogP contribution in [-0.2, 0) is 11.3 Å². The van der Waals surface area contributed by atoms with Crippen molar-refractivity contribution in [2.24, 2.45) is 0 Å². The van der Waals surface area contributed by atoms with Crippen molar-refractivity contribution in [3.8, 4) is 11.4 Å². The van der Waals surface area contributed by atoms with Crippen molar-refractivity contribution in [3.05, 3.63) is 80.7 Å². The van der Waals surface area contributed by atoms with E-state index in [0.29, 0.717) is 16.5 Å². The Balaban J connectivity index is 1.94. The van der Waals surface area contributed by atoms with E-state index in [1.54, 1.807) is 31.2 Å². The molecule has 3 aromatic rings. The Morgan fingerprint density at radius 1 is 1.07 bits per heavy atom. The summed E-state index contributed by atoms with van der Waals surface area (Å²) in [6, 6.07) is 14.3. The summed E-state index contributed by atoms with van der Waals surface area (Å²) in [5.74, 6) is 0.152. The normalized spacial score (nSPS) is 10.7. The number of amides is 1. The predicted molar refractivity (Wildman–Crippen MR) is 108 cm³/mol. The second kappa shape index (κ2) is 7.76. The molecular weight excluding hydrogens is 362 g/mol. The molecule has 0 aliphatic rings. The number of rotatable bonds is 4. The van der Waals surface area contributed by atoms with Gasteiger partial charge in [-0.05, 0) is 62.2 Å². The number of hydrogen-bond donors (Lipinski definition) is 1. The molecule has 1 heterocycles. The van der Waals surface area contributed by atoms with Gasteiger partial charge in [-0.3, -0.25) is 14.2 Å². The van der Waals surface area contributed by atoms with Gasteiger partial charge in [-0.2, -0.15) is 0 Å². The largest absolute Gasteiger partial charge is 0.324 e. The Morgan fingerprint density at radius 3 is 2.48 bits per heavy atom. The smallest absolute Gasteiger partial charge is 0.254 e. The zero-order chi connectivity index (χ0) is 19.6. The maximum Gasteiger partial charge on any atom is 0.254 e. The number of aryl methyl sites for hydroxylation is 3. The van der Waals surface area contributed by atoms with Crippen molar-refractivity contribution in [2.45, 2.75) is 27.3 Å². The Hall–Kier alpha value is -2.92. The number of hydrogen-bond acceptors (Lipinski definition) is 3. The number of benzene rings is 2. The highest BCUT2D eigenvalue weighted by Gasteiger charge is 2.14. The summed E-state index contributed by atoms with van der Waals surface area (Å²) >= 11 is 5.95. The fourth-order valence-electron chi connectivity index (χ4n) is 2.80. The summed E-state index contributed by atoms with van der Waals surface area (Å²) in [5.41, 5.74) is 3.79. The van der Waals surface area contributed by atoms with Crippen molar-refractivity contribution in [3.63, 3.8) is 0 Å². The van der Waals surface area contributed by atoms with Gasteiger partial charge in [0.05, 0.1) is 0 Å². The third-order valence-electron chi connectivity index (χ3n) is 4.21. The van der Waals surface area contributed by atoms with Gasteiger partial charge >= 0.3 is 0 Å². The van der Waals surface area contributed by atoms with Crippen LogP contribution in [0.5, 0.6) is 0 Å². The summed E-state index contributed by atoms with van der Waals surface area (Å²) in [5, 5.41) is 3.47. The van der Waals surface area contributed by atoms with E-state index in [-0.39, 0.29) is 18.0 Å². The molecule has 0 unspecified atom stereocenters. The third kappa shape index (κ3) is 4.44. The lowest BCUT2D eigenvalue weighted by Gasteiger charge is -2.14. The molecule has 0 fully saturated rings. The molecule has 0 atom stereocenters. The van der Waals surface area contributed by atoms with Crippen molar-refractivity contribution in [2.75, 3.05) is 5.32 Å². The van der Waals surface area contributed by atoms with Crippen molar-refractivity contribution in [1.29, 1.82) is 0 Å². The van der Waals surface area contributed by atoms with E-state index >= 15 is 0 Å². The number of nitrogens with one attached hydrogen (secondary N) is 1. The molecule has 0 spiro atoms. The van der Waals surface area contributed by atoms with E-state index in [1.165, 1.54) is 10.6 Å². The number of nitrogens with zero attached hydrogens (tertiary/aromatic N) is 2. The Kier molecular flexibility index (Phi) is 5.42. The monoisotopic (exact) mass is 381 g/mol. The molecule has 0 bridgehead atoms. The molecule has 1 aromatic heterocycles. The van der Waals surface area contributed by atoms with Gasteiger partial charge in [-0.1, -0.05) is 23.7 Å². The Bertz CT molecular complexity index is 1060. The van der Waals surface area contributed by atoms with E-state index in [4.69, 9.17) is 11.6 Å². The van der Waals surface area contributed by atoms with E-state index < -0.39 is 0 Å².